The van der Waals surface area contributed by atoms with Gasteiger partial charge < -0.3 is 14.7 Å². The van der Waals surface area contributed by atoms with Crippen LogP contribution in [0, 0.1) is 0 Å². The van der Waals surface area contributed by atoms with Gasteiger partial charge in [-0.3, -0.25) is 0 Å². The number of fused-ring (bicyclic) bond motifs is 2. The first-order chi connectivity index (χ1) is 10.6. The number of phenols is 1. The van der Waals surface area contributed by atoms with Gasteiger partial charge in [-0.25, -0.2) is 0 Å². The van der Waals surface area contributed by atoms with E-state index in [4.69, 9.17) is 4.74 Å². The van der Waals surface area contributed by atoms with Crippen LogP contribution < -0.4 is 4.74 Å². The van der Waals surface area contributed by atoms with Crippen molar-refractivity contribution in [1.29, 1.82) is 0 Å². The molecule has 114 valence electrons. The van der Waals surface area contributed by atoms with Gasteiger partial charge in [0.25, 0.3) is 0 Å². The van der Waals surface area contributed by atoms with Gasteiger partial charge in [0.15, 0.2) is 0 Å². The molecule has 1 heterocycles. The number of benzene rings is 2. The van der Waals surface area contributed by atoms with E-state index in [1.54, 1.807) is 12.1 Å². The molecule has 3 nitrogen and oxygen atoms in total. The van der Waals surface area contributed by atoms with Crippen LogP contribution in [0.25, 0.3) is 5.57 Å². The van der Waals surface area contributed by atoms with Crippen LogP contribution in [-0.4, -0.2) is 30.6 Å². The molecule has 2 aromatic carbocycles. The van der Waals surface area contributed by atoms with Gasteiger partial charge in [0.1, 0.15) is 18.1 Å². The normalized spacial score (nSPS) is 15.1. The van der Waals surface area contributed by atoms with E-state index in [2.05, 4.69) is 31.1 Å². The minimum absolute atomic E-state index is 0.279. The van der Waals surface area contributed by atoms with Crippen LogP contribution in [0.2, 0.25) is 0 Å². The zero-order valence-corrected chi connectivity index (χ0v) is 13.0. The molecular formula is C19H21NO2. The SMILES string of the molecule is CN(C)CC/C=C1/c2ccc(O)cc2COc2ccccc21. The zero-order chi connectivity index (χ0) is 15.5. The molecule has 0 spiro atoms. The molecule has 0 radical (unpaired) electrons. The molecule has 3 heteroatoms. The van der Waals surface area contributed by atoms with Crippen molar-refractivity contribution in [3.05, 3.63) is 65.2 Å². The molecule has 0 saturated heterocycles. The first kappa shape index (κ1) is 14.7. The number of hydrogen-bond acceptors (Lipinski definition) is 3. The predicted molar refractivity (Wildman–Crippen MR) is 89.1 cm³/mol. The van der Waals surface area contributed by atoms with Gasteiger partial charge >= 0.3 is 0 Å². The fraction of sp³-hybridized carbons (Fsp3) is 0.263. The van der Waals surface area contributed by atoms with Crippen molar-refractivity contribution in [1.82, 2.24) is 4.90 Å². The molecule has 1 N–H and O–H groups in total. The van der Waals surface area contributed by atoms with E-state index in [9.17, 15) is 5.11 Å². The standard InChI is InChI=1S/C19H21NO2/c1-20(2)11-5-7-17-16-10-9-15(21)12-14(16)13-22-19-8-4-3-6-18(17)19/h3-4,6-10,12,21H,5,11,13H2,1-2H3/b17-7-. The van der Waals surface area contributed by atoms with E-state index in [1.165, 1.54) is 5.57 Å². The lowest BCUT2D eigenvalue weighted by Gasteiger charge is -2.12. The number of para-hydroxylation sites is 1. The van der Waals surface area contributed by atoms with E-state index >= 15 is 0 Å². The van der Waals surface area contributed by atoms with Crippen LogP contribution in [0.4, 0.5) is 0 Å². The third-order valence-corrected chi connectivity index (χ3v) is 3.86. The van der Waals surface area contributed by atoms with Crippen molar-refractivity contribution in [2.24, 2.45) is 0 Å². The lowest BCUT2D eigenvalue weighted by atomic mass is 9.93. The highest BCUT2D eigenvalue weighted by atomic mass is 16.5. The largest absolute Gasteiger partial charge is 0.508 e. The smallest absolute Gasteiger partial charge is 0.127 e. The topological polar surface area (TPSA) is 32.7 Å². The summed E-state index contributed by atoms with van der Waals surface area (Å²) in [5.74, 6) is 1.18. The lowest BCUT2D eigenvalue weighted by molar-refractivity contribution is 0.306. The van der Waals surface area contributed by atoms with Gasteiger partial charge in [-0.05, 0) is 49.9 Å². The second-order valence-corrected chi connectivity index (χ2v) is 5.84. The van der Waals surface area contributed by atoms with E-state index in [1.807, 2.05) is 24.3 Å². The average Bonchev–Trinajstić information content (AvgIpc) is 2.64. The first-order valence-electron chi connectivity index (χ1n) is 7.54. The molecule has 0 saturated carbocycles. The molecule has 0 bridgehead atoms. The van der Waals surface area contributed by atoms with Gasteiger partial charge in [-0.15, -0.1) is 0 Å². The number of ether oxygens (including phenoxy) is 1. The number of phenolic OH excluding ortho intramolecular Hbond substituents is 1. The van der Waals surface area contributed by atoms with Crippen LogP contribution >= 0.6 is 0 Å². The Morgan fingerprint density at radius 2 is 1.95 bits per heavy atom. The summed E-state index contributed by atoms with van der Waals surface area (Å²) < 4.78 is 5.93. The molecule has 1 aliphatic rings. The minimum Gasteiger partial charge on any atom is -0.508 e. The van der Waals surface area contributed by atoms with E-state index < -0.39 is 0 Å². The molecule has 0 aromatic heterocycles. The second kappa shape index (κ2) is 6.24. The number of rotatable bonds is 3. The summed E-state index contributed by atoms with van der Waals surface area (Å²) >= 11 is 0. The highest BCUT2D eigenvalue weighted by Crippen LogP contribution is 2.37. The van der Waals surface area contributed by atoms with Crippen molar-refractivity contribution in [3.63, 3.8) is 0 Å². The molecular weight excluding hydrogens is 274 g/mol. The Hall–Kier alpha value is -2.26. The van der Waals surface area contributed by atoms with Crippen molar-refractivity contribution < 1.29 is 9.84 Å². The molecule has 22 heavy (non-hydrogen) atoms. The fourth-order valence-corrected chi connectivity index (χ4v) is 2.76. The molecule has 0 fully saturated rings. The summed E-state index contributed by atoms with van der Waals surface area (Å²) in [6.07, 6.45) is 3.24. The van der Waals surface area contributed by atoms with Crippen molar-refractivity contribution >= 4 is 5.57 Å². The molecule has 0 aliphatic carbocycles. The summed E-state index contributed by atoms with van der Waals surface area (Å²) in [7, 11) is 4.16. The van der Waals surface area contributed by atoms with Gasteiger partial charge in [-0.1, -0.05) is 30.3 Å². The average molecular weight is 295 g/mol. The zero-order valence-electron chi connectivity index (χ0n) is 13.0. The monoisotopic (exact) mass is 295 g/mol. The Morgan fingerprint density at radius 3 is 2.77 bits per heavy atom. The van der Waals surface area contributed by atoms with Gasteiger partial charge in [0, 0.05) is 17.7 Å². The predicted octanol–water partition coefficient (Wildman–Crippen LogP) is 3.67. The quantitative estimate of drug-likeness (QED) is 0.938. The Bertz CT molecular complexity index is 704. The maximum absolute atomic E-state index is 9.75. The van der Waals surface area contributed by atoms with Crippen molar-refractivity contribution in [2.75, 3.05) is 20.6 Å². The highest BCUT2D eigenvalue weighted by Gasteiger charge is 2.18. The second-order valence-electron chi connectivity index (χ2n) is 5.84. The number of hydrogen-bond donors (Lipinski definition) is 1. The van der Waals surface area contributed by atoms with Gasteiger partial charge in [0.05, 0.1) is 0 Å². The molecule has 1 aliphatic heterocycles. The van der Waals surface area contributed by atoms with Crippen molar-refractivity contribution in [3.8, 4) is 11.5 Å². The van der Waals surface area contributed by atoms with Gasteiger partial charge in [-0.2, -0.15) is 0 Å². The summed E-state index contributed by atoms with van der Waals surface area (Å²) in [4.78, 5) is 2.17. The summed E-state index contributed by atoms with van der Waals surface area (Å²) in [5, 5.41) is 9.75. The fourth-order valence-electron chi connectivity index (χ4n) is 2.76. The van der Waals surface area contributed by atoms with Crippen LogP contribution in [0.5, 0.6) is 11.5 Å². The Kier molecular flexibility index (Phi) is 4.16. The molecule has 3 rings (SSSR count). The summed E-state index contributed by atoms with van der Waals surface area (Å²) in [6, 6.07) is 13.6. The maximum atomic E-state index is 9.75. The molecule has 0 atom stereocenters. The minimum atomic E-state index is 0.279. The van der Waals surface area contributed by atoms with Crippen molar-refractivity contribution in [2.45, 2.75) is 13.0 Å². The third-order valence-electron chi connectivity index (χ3n) is 3.86. The highest BCUT2D eigenvalue weighted by molar-refractivity contribution is 5.85. The Balaban J connectivity index is 2.08. The van der Waals surface area contributed by atoms with E-state index in [0.29, 0.717) is 6.61 Å². The maximum Gasteiger partial charge on any atom is 0.127 e. The van der Waals surface area contributed by atoms with Gasteiger partial charge in [0.2, 0.25) is 0 Å². The molecule has 0 amide bonds. The summed E-state index contributed by atoms with van der Waals surface area (Å²) in [5.41, 5.74) is 4.46. The van der Waals surface area contributed by atoms with E-state index in [-0.39, 0.29) is 5.75 Å². The van der Waals surface area contributed by atoms with Crippen LogP contribution in [-0.2, 0) is 6.61 Å². The lowest BCUT2D eigenvalue weighted by Crippen LogP contribution is -2.12. The Morgan fingerprint density at radius 1 is 1.14 bits per heavy atom. The van der Waals surface area contributed by atoms with Crippen LogP contribution in [0.1, 0.15) is 23.1 Å². The molecule has 2 aromatic rings. The Labute approximate surface area is 131 Å². The third kappa shape index (κ3) is 3.00. The number of nitrogens with zero attached hydrogens (tertiary/aromatic N) is 1. The van der Waals surface area contributed by atoms with E-state index in [0.717, 1.165) is 35.4 Å². The number of aromatic hydroxyl groups is 1. The van der Waals surface area contributed by atoms with Crippen LogP contribution in [0.3, 0.4) is 0 Å². The summed E-state index contributed by atoms with van der Waals surface area (Å²) in [6.45, 7) is 1.48. The van der Waals surface area contributed by atoms with Crippen LogP contribution in [0.15, 0.2) is 48.5 Å². The first-order valence-corrected chi connectivity index (χ1v) is 7.54. The molecule has 0 unspecified atom stereocenters.